The molecule has 20 heavy (non-hydrogen) atoms. The largest absolute Gasteiger partial charge is 0.397 e. The van der Waals surface area contributed by atoms with E-state index in [9.17, 15) is 4.79 Å². The van der Waals surface area contributed by atoms with Gasteiger partial charge in [0.2, 0.25) is 0 Å². The number of rotatable bonds is 2. The van der Waals surface area contributed by atoms with Gasteiger partial charge in [0, 0.05) is 5.02 Å². The number of nitrogens with two attached hydrogens (primary N) is 1. The highest BCUT2D eigenvalue weighted by atomic mass is 35.5. The third kappa shape index (κ3) is 3.06. The zero-order chi connectivity index (χ0) is 14.9. The van der Waals surface area contributed by atoms with E-state index in [2.05, 4.69) is 5.32 Å². The molecular weight excluding hydrogens is 295 g/mol. The van der Waals surface area contributed by atoms with E-state index in [1.807, 2.05) is 26.0 Å². The van der Waals surface area contributed by atoms with Gasteiger partial charge < -0.3 is 11.1 Å². The van der Waals surface area contributed by atoms with Gasteiger partial charge in [0.1, 0.15) is 0 Å². The molecule has 0 atom stereocenters. The van der Waals surface area contributed by atoms with Gasteiger partial charge in [-0.2, -0.15) is 0 Å². The maximum Gasteiger partial charge on any atom is 0.257 e. The van der Waals surface area contributed by atoms with Crippen molar-refractivity contribution in [2.75, 3.05) is 11.1 Å². The van der Waals surface area contributed by atoms with E-state index in [-0.39, 0.29) is 5.91 Å². The van der Waals surface area contributed by atoms with Crippen molar-refractivity contribution >= 4 is 40.5 Å². The number of nitrogen functional groups attached to an aromatic ring is 1. The van der Waals surface area contributed by atoms with E-state index in [0.29, 0.717) is 27.0 Å². The molecule has 1 amide bonds. The number of nitrogens with one attached hydrogen (secondary N) is 1. The second-order valence-electron chi connectivity index (χ2n) is 4.60. The third-order valence-corrected chi connectivity index (χ3v) is 3.65. The summed E-state index contributed by atoms with van der Waals surface area (Å²) in [6.45, 7) is 3.92. The van der Waals surface area contributed by atoms with Crippen molar-refractivity contribution in [2.45, 2.75) is 13.8 Å². The number of hydrogen-bond acceptors (Lipinski definition) is 2. The van der Waals surface area contributed by atoms with Gasteiger partial charge in [-0.3, -0.25) is 4.79 Å². The van der Waals surface area contributed by atoms with Crippen LogP contribution in [0.25, 0.3) is 0 Å². The standard InChI is InChI=1S/C15H14Cl2N2O/c1-8-5-13(18)14(6-9(8)2)19-15(20)11-7-10(16)3-4-12(11)17/h3-7H,18H2,1-2H3,(H,19,20). The first-order chi connectivity index (χ1) is 9.38. The molecule has 0 aromatic heterocycles. The smallest absolute Gasteiger partial charge is 0.257 e. The molecule has 0 aliphatic heterocycles. The molecule has 0 saturated heterocycles. The Kier molecular flexibility index (Phi) is 4.21. The number of aryl methyl sites for hydroxylation is 2. The second kappa shape index (κ2) is 5.73. The molecule has 2 aromatic carbocycles. The summed E-state index contributed by atoms with van der Waals surface area (Å²) in [4.78, 5) is 12.2. The van der Waals surface area contributed by atoms with Gasteiger partial charge in [0.05, 0.1) is 22.0 Å². The Morgan fingerprint density at radius 1 is 1.10 bits per heavy atom. The van der Waals surface area contributed by atoms with Gasteiger partial charge in [-0.05, 0) is 55.3 Å². The Morgan fingerprint density at radius 2 is 1.75 bits per heavy atom. The zero-order valence-electron chi connectivity index (χ0n) is 11.1. The number of carbonyl (C=O) groups excluding carboxylic acids is 1. The van der Waals surface area contributed by atoms with Crippen LogP contribution in [0.2, 0.25) is 10.0 Å². The lowest BCUT2D eigenvalue weighted by molar-refractivity contribution is 0.102. The minimum atomic E-state index is -0.340. The molecule has 0 bridgehead atoms. The molecule has 0 heterocycles. The highest BCUT2D eigenvalue weighted by Crippen LogP contribution is 2.26. The van der Waals surface area contributed by atoms with Crippen LogP contribution in [0.4, 0.5) is 11.4 Å². The molecule has 3 nitrogen and oxygen atoms in total. The zero-order valence-corrected chi connectivity index (χ0v) is 12.6. The molecule has 0 aliphatic rings. The van der Waals surface area contributed by atoms with Crippen LogP contribution >= 0.6 is 23.2 Å². The second-order valence-corrected chi connectivity index (χ2v) is 5.45. The number of amides is 1. The van der Waals surface area contributed by atoms with Crippen molar-refractivity contribution < 1.29 is 4.79 Å². The van der Waals surface area contributed by atoms with Crippen molar-refractivity contribution in [2.24, 2.45) is 0 Å². The Bertz CT molecular complexity index is 684. The number of benzene rings is 2. The summed E-state index contributed by atoms with van der Waals surface area (Å²) in [6.07, 6.45) is 0. The van der Waals surface area contributed by atoms with E-state index < -0.39 is 0 Å². The maximum absolute atomic E-state index is 12.2. The maximum atomic E-state index is 12.2. The number of anilines is 2. The minimum Gasteiger partial charge on any atom is -0.397 e. The molecule has 0 spiro atoms. The molecule has 0 fully saturated rings. The quantitative estimate of drug-likeness (QED) is 0.806. The lowest BCUT2D eigenvalue weighted by Gasteiger charge is -2.12. The summed E-state index contributed by atoms with van der Waals surface area (Å²) >= 11 is 11.9. The van der Waals surface area contributed by atoms with Crippen LogP contribution in [0, 0.1) is 13.8 Å². The topological polar surface area (TPSA) is 55.1 Å². The van der Waals surface area contributed by atoms with Crippen LogP contribution < -0.4 is 11.1 Å². The predicted octanol–water partition coefficient (Wildman–Crippen LogP) is 4.44. The monoisotopic (exact) mass is 308 g/mol. The Labute approximate surface area is 127 Å². The Morgan fingerprint density at radius 3 is 2.45 bits per heavy atom. The molecule has 3 N–H and O–H groups in total. The molecule has 0 aliphatic carbocycles. The van der Waals surface area contributed by atoms with E-state index in [1.54, 1.807) is 12.1 Å². The summed E-state index contributed by atoms with van der Waals surface area (Å²) in [5.74, 6) is -0.340. The molecule has 0 radical (unpaired) electrons. The highest BCUT2D eigenvalue weighted by molar-refractivity contribution is 6.36. The van der Waals surface area contributed by atoms with E-state index in [1.165, 1.54) is 6.07 Å². The van der Waals surface area contributed by atoms with Crippen LogP contribution in [-0.4, -0.2) is 5.91 Å². The van der Waals surface area contributed by atoms with Crippen molar-refractivity contribution in [3.8, 4) is 0 Å². The number of hydrogen-bond donors (Lipinski definition) is 2. The molecule has 0 saturated carbocycles. The molecule has 2 aromatic rings. The lowest BCUT2D eigenvalue weighted by atomic mass is 10.1. The van der Waals surface area contributed by atoms with Crippen LogP contribution in [0.5, 0.6) is 0 Å². The average molecular weight is 309 g/mol. The van der Waals surface area contributed by atoms with Gasteiger partial charge in [-0.25, -0.2) is 0 Å². The summed E-state index contributed by atoms with van der Waals surface area (Å²) in [5.41, 5.74) is 9.42. The van der Waals surface area contributed by atoms with Crippen molar-refractivity contribution in [3.05, 3.63) is 57.1 Å². The van der Waals surface area contributed by atoms with E-state index in [0.717, 1.165) is 11.1 Å². The van der Waals surface area contributed by atoms with E-state index >= 15 is 0 Å². The van der Waals surface area contributed by atoms with Crippen LogP contribution in [0.15, 0.2) is 30.3 Å². The molecular formula is C15H14Cl2N2O. The first kappa shape index (κ1) is 14.7. The van der Waals surface area contributed by atoms with Crippen molar-refractivity contribution in [1.82, 2.24) is 0 Å². The minimum absolute atomic E-state index is 0.316. The number of carbonyl (C=O) groups is 1. The molecule has 0 unspecified atom stereocenters. The fourth-order valence-corrected chi connectivity index (χ4v) is 2.18. The summed E-state index contributed by atoms with van der Waals surface area (Å²) < 4.78 is 0. The van der Waals surface area contributed by atoms with Gasteiger partial charge in [-0.15, -0.1) is 0 Å². The number of halogens is 2. The molecule has 104 valence electrons. The Hall–Kier alpha value is -1.71. The van der Waals surface area contributed by atoms with Gasteiger partial charge >= 0.3 is 0 Å². The van der Waals surface area contributed by atoms with Crippen molar-refractivity contribution in [3.63, 3.8) is 0 Å². The lowest BCUT2D eigenvalue weighted by Crippen LogP contribution is -2.14. The SMILES string of the molecule is Cc1cc(N)c(NC(=O)c2cc(Cl)ccc2Cl)cc1C. The average Bonchev–Trinajstić information content (AvgIpc) is 2.38. The fourth-order valence-electron chi connectivity index (χ4n) is 1.81. The molecule has 5 heteroatoms. The summed E-state index contributed by atoms with van der Waals surface area (Å²) in [6, 6.07) is 8.40. The van der Waals surface area contributed by atoms with Crippen LogP contribution in [0.3, 0.4) is 0 Å². The third-order valence-electron chi connectivity index (χ3n) is 3.09. The van der Waals surface area contributed by atoms with Gasteiger partial charge in [-0.1, -0.05) is 23.2 Å². The molecule has 2 rings (SSSR count). The van der Waals surface area contributed by atoms with Gasteiger partial charge in [0.25, 0.3) is 5.91 Å². The highest BCUT2D eigenvalue weighted by Gasteiger charge is 2.13. The normalized spacial score (nSPS) is 10.4. The van der Waals surface area contributed by atoms with Crippen molar-refractivity contribution in [1.29, 1.82) is 0 Å². The van der Waals surface area contributed by atoms with E-state index in [4.69, 9.17) is 28.9 Å². The Balaban J connectivity index is 2.32. The predicted molar refractivity (Wildman–Crippen MR) is 84.7 cm³/mol. The summed E-state index contributed by atoms with van der Waals surface area (Å²) in [7, 11) is 0. The van der Waals surface area contributed by atoms with Crippen LogP contribution in [-0.2, 0) is 0 Å². The van der Waals surface area contributed by atoms with Gasteiger partial charge in [0.15, 0.2) is 0 Å². The first-order valence-electron chi connectivity index (χ1n) is 6.01. The fraction of sp³-hybridized carbons (Fsp3) is 0.133. The van der Waals surface area contributed by atoms with Crippen LogP contribution in [0.1, 0.15) is 21.5 Å². The summed E-state index contributed by atoms with van der Waals surface area (Å²) in [5, 5.41) is 3.55. The first-order valence-corrected chi connectivity index (χ1v) is 6.77.